The summed E-state index contributed by atoms with van der Waals surface area (Å²) < 4.78 is 11.2. The summed E-state index contributed by atoms with van der Waals surface area (Å²) in [5.74, 6) is 1.59. The number of benzene rings is 2. The van der Waals surface area contributed by atoms with Crippen LogP contribution in [0.15, 0.2) is 40.8 Å². The average Bonchev–Trinajstić information content (AvgIpc) is 3.16. The summed E-state index contributed by atoms with van der Waals surface area (Å²) >= 11 is 12.1. The molecule has 30 heavy (non-hydrogen) atoms. The molecule has 1 fully saturated rings. The fourth-order valence-electron chi connectivity index (χ4n) is 3.75. The molecule has 0 atom stereocenters. The van der Waals surface area contributed by atoms with Crippen LogP contribution in [0, 0.1) is 0 Å². The van der Waals surface area contributed by atoms with Gasteiger partial charge in [-0.3, -0.25) is 4.79 Å². The van der Waals surface area contributed by atoms with Gasteiger partial charge in [0.05, 0.1) is 12.8 Å². The van der Waals surface area contributed by atoms with E-state index >= 15 is 0 Å². The van der Waals surface area contributed by atoms with Gasteiger partial charge in [0.25, 0.3) is 0 Å². The number of anilines is 1. The molecule has 4 rings (SSSR count). The van der Waals surface area contributed by atoms with Crippen LogP contribution in [0.3, 0.4) is 0 Å². The minimum Gasteiger partial charge on any atom is -0.495 e. The molecule has 2 heterocycles. The molecule has 1 N–H and O–H groups in total. The molecule has 3 aromatic rings. The van der Waals surface area contributed by atoms with E-state index in [1.165, 1.54) is 0 Å². The largest absolute Gasteiger partial charge is 0.495 e. The number of methoxy groups -OCH3 is 1. The minimum atomic E-state index is -0.0616. The highest BCUT2D eigenvalue weighted by atomic mass is 35.5. The summed E-state index contributed by atoms with van der Waals surface area (Å²) in [6.07, 6.45) is 2.30. The maximum Gasteiger partial charge on any atom is 0.225 e. The maximum absolute atomic E-state index is 12.4. The van der Waals surface area contributed by atoms with Crippen LogP contribution in [-0.2, 0) is 4.79 Å². The standard InChI is InChI=1S/C22H23Cl2N3O3/c1-29-19-4-2-15(23)12-17(19)25-21(28)8-11-27-9-6-14(7-10-27)22-26-18-13-16(24)3-5-20(18)30-22/h2-5,12-14H,6-11H2,1H3,(H,25,28). The predicted molar refractivity (Wildman–Crippen MR) is 119 cm³/mol. The van der Waals surface area contributed by atoms with E-state index in [-0.39, 0.29) is 11.8 Å². The third-order valence-electron chi connectivity index (χ3n) is 5.39. The van der Waals surface area contributed by atoms with Gasteiger partial charge in [-0.15, -0.1) is 0 Å². The third-order valence-corrected chi connectivity index (χ3v) is 5.86. The van der Waals surface area contributed by atoms with Crippen LogP contribution < -0.4 is 10.1 Å². The van der Waals surface area contributed by atoms with Gasteiger partial charge in [-0.1, -0.05) is 23.2 Å². The second-order valence-electron chi connectivity index (χ2n) is 7.42. The number of aromatic nitrogens is 1. The molecule has 8 heteroatoms. The van der Waals surface area contributed by atoms with E-state index in [9.17, 15) is 4.79 Å². The Kier molecular flexibility index (Phi) is 6.46. The number of hydrogen-bond donors (Lipinski definition) is 1. The average molecular weight is 448 g/mol. The molecule has 6 nitrogen and oxygen atoms in total. The van der Waals surface area contributed by atoms with E-state index in [4.69, 9.17) is 32.4 Å². The van der Waals surface area contributed by atoms with E-state index in [0.29, 0.717) is 34.4 Å². The van der Waals surface area contributed by atoms with Gasteiger partial charge in [-0.05, 0) is 62.3 Å². The zero-order chi connectivity index (χ0) is 21.1. The smallest absolute Gasteiger partial charge is 0.225 e. The second kappa shape index (κ2) is 9.25. The Balaban J connectivity index is 1.27. The van der Waals surface area contributed by atoms with Gasteiger partial charge in [0.1, 0.15) is 11.3 Å². The van der Waals surface area contributed by atoms with Gasteiger partial charge >= 0.3 is 0 Å². The molecule has 1 aliphatic rings. The SMILES string of the molecule is COc1ccc(Cl)cc1NC(=O)CCN1CCC(c2nc3cc(Cl)ccc3o2)CC1. The van der Waals surface area contributed by atoms with Crippen LogP contribution in [0.25, 0.3) is 11.1 Å². The monoisotopic (exact) mass is 447 g/mol. The van der Waals surface area contributed by atoms with E-state index in [2.05, 4.69) is 15.2 Å². The van der Waals surface area contributed by atoms with Crippen molar-refractivity contribution < 1.29 is 13.9 Å². The highest BCUT2D eigenvalue weighted by molar-refractivity contribution is 6.31. The Bertz CT molecular complexity index is 1050. The lowest BCUT2D eigenvalue weighted by Crippen LogP contribution is -2.35. The van der Waals surface area contributed by atoms with Gasteiger partial charge in [0, 0.05) is 28.9 Å². The number of oxazole rings is 1. The lowest BCUT2D eigenvalue weighted by atomic mass is 9.96. The van der Waals surface area contributed by atoms with E-state index in [1.807, 2.05) is 18.2 Å². The molecule has 0 saturated carbocycles. The molecular formula is C22H23Cl2N3O3. The van der Waals surface area contributed by atoms with Crippen molar-refractivity contribution in [3.05, 3.63) is 52.3 Å². The first-order chi connectivity index (χ1) is 14.5. The Morgan fingerprint density at radius 2 is 1.93 bits per heavy atom. The first-order valence-electron chi connectivity index (χ1n) is 9.93. The van der Waals surface area contributed by atoms with Crippen molar-refractivity contribution in [2.75, 3.05) is 32.1 Å². The van der Waals surface area contributed by atoms with Crippen molar-refractivity contribution in [2.45, 2.75) is 25.2 Å². The maximum atomic E-state index is 12.4. The molecule has 1 saturated heterocycles. The second-order valence-corrected chi connectivity index (χ2v) is 8.30. The van der Waals surface area contributed by atoms with Crippen LogP contribution in [0.1, 0.15) is 31.1 Å². The van der Waals surface area contributed by atoms with Gasteiger partial charge in [-0.25, -0.2) is 4.98 Å². The highest BCUT2D eigenvalue weighted by Gasteiger charge is 2.25. The number of likely N-dealkylation sites (tertiary alicyclic amines) is 1. The molecule has 0 bridgehead atoms. The number of ether oxygens (including phenoxy) is 1. The van der Waals surface area contributed by atoms with Crippen LogP contribution in [-0.4, -0.2) is 42.5 Å². The summed E-state index contributed by atoms with van der Waals surface area (Å²) in [5.41, 5.74) is 2.16. The summed E-state index contributed by atoms with van der Waals surface area (Å²) in [7, 11) is 1.56. The Morgan fingerprint density at radius 1 is 1.20 bits per heavy atom. The number of nitrogens with zero attached hydrogens (tertiary/aromatic N) is 2. The Hall–Kier alpha value is -2.28. The summed E-state index contributed by atoms with van der Waals surface area (Å²) in [4.78, 5) is 19.3. The molecular weight excluding hydrogens is 425 g/mol. The number of rotatable bonds is 6. The number of fused-ring (bicyclic) bond motifs is 1. The first-order valence-corrected chi connectivity index (χ1v) is 10.7. The zero-order valence-electron chi connectivity index (χ0n) is 16.7. The van der Waals surface area contributed by atoms with Crippen molar-refractivity contribution in [1.29, 1.82) is 0 Å². The lowest BCUT2D eigenvalue weighted by molar-refractivity contribution is -0.116. The normalized spacial score (nSPS) is 15.4. The van der Waals surface area contributed by atoms with Crippen molar-refractivity contribution >= 4 is 45.9 Å². The summed E-state index contributed by atoms with van der Waals surface area (Å²) in [5, 5.41) is 4.09. The fourth-order valence-corrected chi connectivity index (χ4v) is 4.09. The Morgan fingerprint density at radius 3 is 2.70 bits per heavy atom. The van der Waals surface area contributed by atoms with E-state index in [0.717, 1.165) is 42.9 Å². The summed E-state index contributed by atoms with van der Waals surface area (Å²) in [6.45, 7) is 2.50. The van der Waals surface area contributed by atoms with Crippen LogP contribution >= 0.6 is 23.2 Å². The lowest BCUT2D eigenvalue weighted by Gasteiger charge is -2.30. The third kappa shape index (κ3) is 4.89. The molecule has 1 amide bonds. The van der Waals surface area contributed by atoms with E-state index in [1.54, 1.807) is 25.3 Å². The molecule has 0 aliphatic carbocycles. The van der Waals surface area contributed by atoms with Gasteiger partial charge < -0.3 is 19.4 Å². The van der Waals surface area contributed by atoms with Crippen molar-refractivity contribution in [1.82, 2.24) is 9.88 Å². The number of hydrogen-bond acceptors (Lipinski definition) is 5. The molecule has 1 aliphatic heterocycles. The van der Waals surface area contributed by atoms with E-state index < -0.39 is 0 Å². The predicted octanol–water partition coefficient (Wildman–Crippen LogP) is 5.35. The van der Waals surface area contributed by atoms with Crippen LogP contribution in [0.4, 0.5) is 5.69 Å². The van der Waals surface area contributed by atoms with Crippen molar-refractivity contribution in [3.8, 4) is 5.75 Å². The highest BCUT2D eigenvalue weighted by Crippen LogP contribution is 2.31. The first kappa shape index (κ1) is 21.0. The Labute approximate surface area is 185 Å². The summed E-state index contributed by atoms with van der Waals surface area (Å²) in [6, 6.07) is 10.7. The quantitative estimate of drug-likeness (QED) is 0.551. The molecule has 0 spiro atoms. The van der Waals surface area contributed by atoms with Crippen LogP contribution in [0.2, 0.25) is 10.0 Å². The molecule has 0 radical (unpaired) electrons. The molecule has 0 unspecified atom stereocenters. The van der Waals surface area contributed by atoms with Gasteiger partial charge in [0.2, 0.25) is 5.91 Å². The zero-order valence-corrected chi connectivity index (χ0v) is 18.2. The van der Waals surface area contributed by atoms with Crippen molar-refractivity contribution in [3.63, 3.8) is 0 Å². The number of halogens is 2. The minimum absolute atomic E-state index is 0.0616. The number of carbonyl (C=O) groups excluding carboxylic acids is 1. The number of carbonyl (C=O) groups is 1. The molecule has 2 aromatic carbocycles. The number of amides is 1. The topological polar surface area (TPSA) is 67.6 Å². The molecule has 158 valence electrons. The van der Waals surface area contributed by atoms with Crippen LogP contribution in [0.5, 0.6) is 5.75 Å². The van der Waals surface area contributed by atoms with Gasteiger partial charge in [0.15, 0.2) is 11.5 Å². The number of piperidine rings is 1. The van der Waals surface area contributed by atoms with Crippen molar-refractivity contribution in [2.24, 2.45) is 0 Å². The molecule has 1 aromatic heterocycles. The number of nitrogens with one attached hydrogen (secondary N) is 1. The fraction of sp³-hybridized carbons (Fsp3) is 0.364. The van der Waals surface area contributed by atoms with Gasteiger partial charge in [-0.2, -0.15) is 0 Å².